The van der Waals surface area contributed by atoms with E-state index in [1.807, 2.05) is 0 Å². The summed E-state index contributed by atoms with van der Waals surface area (Å²) < 4.78 is 0. The lowest BCUT2D eigenvalue weighted by atomic mass is 9.82. The van der Waals surface area contributed by atoms with Gasteiger partial charge in [0.1, 0.15) is 11.5 Å². The first-order chi connectivity index (χ1) is 52.0. The predicted molar refractivity (Wildman–Crippen MR) is 499 cm³/mol. The van der Waals surface area contributed by atoms with E-state index in [0.29, 0.717) is 10.0 Å². The fourth-order valence-electron chi connectivity index (χ4n) is 19.4. The molecule has 24 bridgehead atoms. The zero-order valence-electron chi connectivity index (χ0n) is 73.2. The summed E-state index contributed by atoms with van der Waals surface area (Å²) in [5.74, 6) is 0.476. The molecule has 0 amide bonds. The normalized spacial score (nSPS) is 12.4. The molecule has 0 saturated heterocycles. The highest BCUT2D eigenvalue weighted by Gasteiger charge is 2.26. The lowest BCUT2D eigenvalue weighted by Crippen LogP contribution is -2.11. The molecule has 0 aliphatic heterocycles. The molecule has 0 fully saturated rings. The summed E-state index contributed by atoms with van der Waals surface area (Å²) >= 11 is 15.2. The third kappa shape index (κ3) is 13.7. The Morgan fingerprint density at radius 1 is 0.170 bits per heavy atom. The Kier molecular flexibility index (Phi) is 20.5. The van der Waals surface area contributed by atoms with Crippen molar-refractivity contribution in [2.75, 3.05) is 0 Å². The first kappa shape index (κ1) is 80.9. The predicted octanol–water partition coefficient (Wildman–Crippen LogP) is 32.7. The van der Waals surface area contributed by atoms with E-state index < -0.39 is 0 Å². The Hall–Kier alpha value is -9.18. The second-order valence-corrected chi connectivity index (χ2v) is 38.7. The Morgan fingerprint density at radius 2 is 0.295 bits per heavy atom. The molecule has 0 unspecified atom stereocenters. The summed E-state index contributed by atoms with van der Waals surface area (Å²) in [6.45, 7) is 72.5. The smallest absolute Gasteiger partial charge is 0.131 e. The fraction of sp³-hybridized carbons (Fsp3) is 0.333. The first-order valence-corrected chi connectivity index (χ1v) is 41.1. The maximum Gasteiger partial charge on any atom is 0.131 e. The van der Waals surface area contributed by atoms with E-state index in [1.54, 1.807) is 0 Å². The average molecular weight is 1520 g/mol. The topological polar surface area (TPSA) is 40.5 Å². The van der Waals surface area contributed by atoms with Gasteiger partial charge in [0.2, 0.25) is 0 Å². The number of benzene rings is 12. The van der Waals surface area contributed by atoms with Crippen LogP contribution in [0.2, 0.25) is 10.0 Å². The van der Waals surface area contributed by atoms with Crippen molar-refractivity contribution in [2.24, 2.45) is 0 Å². The summed E-state index contributed by atoms with van der Waals surface area (Å²) in [5.41, 5.74) is 26.9. The van der Waals surface area contributed by atoms with Crippen LogP contribution in [0.5, 0.6) is 11.5 Å². The number of rotatable bonds is 0. The van der Waals surface area contributed by atoms with Crippen molar-refractivity contribution in [3.63, 3.8) is 0 Å². The molecule has 0 saturated carbocycles. The minimum Gasteiger partial charge on any atom is -0.507 e. The molecule has 28 aromatic rings. The number of aryl methyl sites for hydroxylation is 20. The molecular formula is C108H118Cl2O2. The van der Waals surface area contributed by atoms with Crippen LogP contribution >= 0.6 is 23.2 Å². The zero-order valence-corrected chi connectivity index (χ0v) is 74.7. The highest BCUT2D eigenvalue weighted by molar-refractivity contribution is 6.35. The highest BCUT2D eigenvalue weighted by atomic mass is 35.5. The lowest BCUT2D eigenvalue weighted by Gasteiger charge is -2.22. The summed E-state index contributed by atoms with van der Waals surface area (Å²) in [6.07, 6.45) is 0. The van der Waals surface area contributed by atoms with Crippen LogP contribution in [0.25, 0.3) is 129 Å². The summed E-state index contributed by atoms with van der Waals surface area (Å²) in [4.78, 5) is 0. The van der Waals surface area contributed by atoms with Gasteiger partial charge in [-0.25, -0.2) is 0 Å². The van der Waals surface area contributed by atoms with Gasteiger partial charge in [-0.05, 0) is 426 Å². The van der Waals surface area contributed by atoms with Crippen LogP contribution in [-0.4, -0.2) is 10.2 Å². The maximum absolute atomic E-state index is 13.2. The van der Waals surface area contributed by atoms with E-state index in [1.165, 1.54) is 153 Å². The van der Waals surface area contributed by atoms with Gasteiger partial charge in [0, 0.05) is 31.6 Å². The molecule has 0 heterocycles. The van der Waals surface area contributed by atoms with Gasteiger partial charge in [-0.3, -0.25) is 0 Å². The number of aromatic hydroxyl groups is 2. The van der Waals surface area contributed by atoms with Crippen LogP contribution in [0.4, 0.5) is 0 Å². The summed E-state index contributed by atoms with van der Waals surface area (Å²) in [7, 11) is 0. The van der Waals surface area contributed by atoms with Gasteiger partial charge in [-0.2, -0.15) is 0 Å². The number of phenols is 2. The molecule has 0 aliphatic carbocycles. The van der Waals surface area contributed by atoms with E-state index in [4.69, 9.17) is 23.2 Å². The van der Waals surface area contributed by atoms with E-state index in [0.717, 1.165) is 110 Å². The molecule has 0 aromatic heterocycles. The molecular weight excluding hydrogens is 1400 g/mol. The van der Waals surface area contributed by atoms with Crippen molar-refractivity contribution in [1.82, 2.24) is 0 Å². The molecule has 0 atom stereocenters. The van der Waals surface area contributed by atoms with Gasteiger partial charge in [-0.1, -0.05) is 203 Å². The van der Waals surface area contributed by atoms with Crippen molar-refractivity contribution in [3.05, 3.63) is 265 Å². The monoisotopic (exact) mass is 1520 g/mol. The second-order valence-electron chi connectivity index (χ2n) is 38.0. The van der Waals surface area contributed by atoms with E-state index >= 15 is 0 Å². The van der Waals surface area contributed by atoms with Crippen molar-refractivity contribution in [2.45, 2.75) is 243 Å². The zero-order chi connectivity index (χ0) is 82.2. The van der Waals surface area contributed by atoms with Crippen LogP contribution in [0, 0.1) is 138 Å². The molecule has 2 N–H and O–H groups in total. The molecule has 576 valence electrons. The third-order valence-corrected chi connectivity index (χ3v) is 26.9. The van der Waals surface area contributed by atoms with E-state index in [2.05, 4.69) is 343 Å². The van der Waals surface area contributed by atoms with Crippen LogP contribution in [0.15, 0.2) is 121 Å². The standard InChI is InChI=1S/C108H118Cl2O2/c1-53-33-73-34-54(2)89(53)77-41-81(49-85(45-77)105(21,22)23)93-61(9)63(11)94(64(12)62(93)10)82-42-79(47-86(50-82)106(24,25)26)91-57(5)37-75(38-58(91)6)99-71(19)102(110)72(20)100(104(99)112)76-39-59(7)92(60(8)40-76)80-44-84(52-88(48-80)108(30,31)32)96-67(15)65(13)95(66(14)68(96)16)83-43-78(46-87(51-83)107(27,28)29)90-55(3)35-74(36-56(90)4)98-70(18)101(109)69(17)97(73)103(98)111/h33-52,111-112H,1-32H3. The van der Waals surface area contributed by atoms with Crippen LogP contribution in [-0.2, 0) is 21.7 Å². The van der Waals surface area contributed by atoms with Gasteiger partial charge in [0.05, 0.1) is 0 Å². The van der Waals surface area contributed by atoms with Crippen LogP contribution < -0.4 is 0 Å². The minimum atomic E-state index is -0.163. The lowest BCUT2D eigenvalue weighted by molar-refractivity contribution is 0.486. The molecule has 28 aromatic carbocycles. The van der Waals surface area contributed by atoms with Gasteiger partial charge in [0.15, 0.2) is 0 Å². The summed E-state index contributed by atoms with van der Waals surface area (Å²) in [6, 6.07) is 47.2. The Bertz CT molecular complexity index is 5800. The molecule has 0 radical (unpaired) electrons. The van der Waals surface area contributed by atoms with Crippen molar-refractivity contribution < 1.29 is 10.2 Å². The van der Waals surface area contributed by atoms with Crippen molar-refractivity contribution in [1.29, 1.82) is 0 Å². The molecule has 4 heteroatoms. The van der Waals surface area contributed by atoms with Crippen molar-refractivity contribution in [3.8, 4) is 11.5 Å². The van der Waals surface area contributed by atoms with Crippen LogP contribution in [0.1, 0.15) is 217 Å². The number of phenolic OH excluding ortho intramolecular Hbond substituents is 2. The molecule has 112 heavy (non-hydrogen) atoms. The Balaban J connectivity index is 1.21. The van der Waals surface area contributed by atoms with Crippen LogP contribution in [0.3, 0.4) is 0 Å². The molecule has 0 aliphatic rings. The highest BCUT2D eigenvalue weighted by Crippen LogP contribution is 2.48. The van der Waals surface area contributed by atoms with Gasteiger partial charge in [0.25, 0.3) is 0 Å². The van der Waals surface area contributed by atoms with Gasteiger partial charge >= 0.3 is 0 Å². The number of halogens is 2. The molecule has 2 nitrogen and oxygen atoms in total. The average Bonchev–Trinajstić information content (AvgIpc) is 0.746. The quantitative estimate of drug-likeness (QED) is 0.159. The minimum absolute atomic E-state index is 0.163. The van der Waals surface area contributed by atoms with E-state index in [-0.39, 0.29) is 33.2 Å². The number of hydrogen-bond acceptors (Lipinski definition) is 2. The van der Waals surface area contributed by atoms with Crippen molar-refractivity contribution >= 4 is 152 Å². The Morgan fingerprint density at radius 3 is 0.429 bits per heavy atom. The third-order valence-electron chi connectivity index (χ3n) is 25.8. The van der Waals surface area contributed by atoms with Gasteiger partial charge < -0.3 is 10.2 Å². The fourth-order valence-corrected chi connectivity index (χ4v) is 19.8. The Labute approximate surface area is 677 Å². The molecule has 0 spiro atoms. The first-order valence-electron chi connectivity index (χ1n) is 40.4. The largest absolute Gasteiger partial charge is 0.507 e. The summed E-state index contributed by atoms with van der Waals surface area (Å²) in [5, 5.41) is 53.7. The second kappa shape index (κ2) is 28.4. The SMILES string of the molecule is Cc1cc2cc(C)c1c1cc(C(C)(C)C)cc(c1)c1c(C)c(C)c(c(C)c1C)c1cc(C(C)(C)C)cc(c1)c1c(C)cc(cc1C)c1c(C)c(Cl)c(C)c(c1O)c1cc(C)c(c(C)c1)c1cc(C(C)(C)C)cc(c1)c1c(C)c(C)c(c(C)c1C)c1cc(C(C)(C)C)cc(c1)c1c(C)cc(cc1C)c1c(C)c(Cl)c(C)c2c1O. The van der Waals surface area contributed by atoms with Gasteiger partial charge in [-0.15, -0.1) is 0 Å². The molecule has 28 rings (SSSR count). The number of hydrogen-bond donors (Lipinski definition) is 2. The maximum atomic E-state index is 13.2. The van der Waals surface area contributed by atoms with E-state index in [9.17, 15) is 10.2 Å².